The van der Waals surface area contributed by atoms with Crippen molar-refractivity contribution in [1.82, 2.24) is 5.32 Å². The van der Waals surface area contributed by atoms with E-state index in [1.165, 1.54) is 38.5 Å². The van der Waals surface area contributed by atoms with Gasteiger partial charge in [0.2, 0.25) is 0 Å². The molecular weight excluding hydrogens is 290 g/mol. The molecule has 6 nitrogen and oxygen atoms in total. The van der Waals surface area contributed by atoms with Gasteiger partial charge in [0.1, 0.15) is 5.75 Å². The Morgan fingerprint density at radius 2 is 2.10 bits per heavy atom. The van der Waals surface area contributed by atoms with Gasteiger partial charge in [0.05, 0.1) is 17.7 Å². The smallest absolute Gasteiger partial charge is 0.271 e. The number of rotatable bonds is 4. The molecule has 21 heavy (non-hydrogen) atoms. The normalized spacial score (nSPS) is 15.3. The molecule has 2 rings (SSSR count). The molecule has 0 heterocycles. The van der Waals surface area contributed by atoms with Crippen molar-refractivity contribution in [3.63, 3.8) is 0 Å². The number of nitro groups is 1. The molecule has 0 aromatic heterocycles. The van der Waals surface area contributed by atoms with Crippen LogP contribution in [0.2, 0.25) is 0 Å². The first-order valence-corrected chi connectivity index (χ1v) is 7.41. The van der Waals surface area contributed by atoms with E-state index < -0.39 is 4.92 Å². The Bertz CT molecular complexity index is 530. The number of thiocarbonyl (C=S) groups is 1. The zero-order valence-corrected chi connectivity index (χ0v) is 12.7. The third kappa shape index (κ3) is 4.29. The third-order valence-corrected chi connectivity index (χ3v) is 3.80. The van der Waals surface area contributed by atoms with Gasteiger partial charge in [-0.15, -0.1) is 0 Å². The summed E-state index contributed by atoms with van der Waals surface area (Å²) in [5, 5.41) is 17.6. The number of methoxy groups -OCH3 is 1. The Morgan fingerprint density at radius 3 is 2.71 bits per heavy atom. The second-order valence-corrected chi connectivity index (χ2v) is 5.48. The Morgan fingerprint density at radius 1 is 1.38 bits per heavy atom. The largest absolute Gasteiger partial charge is 0.495 e. The lowest BCUT2D eigenvalue weighted by Gasteiger charge is -2.24. The quantitative estimate of drug-likeness (QED) is 0.505. The van der Waals surface area contributed by atoms with E-state index in [1.807, 2.05) is 0 Å². The van der Waals surface area contributed by atoms with Gasteiger partial charge >= 0.3 is 0 Å². The Kier molecular flexibility index (Phi) is 5.32. The van der Waals surface area contributed by atoms with E-state index in [0.717, 1.165) is 12.8 Å². The molecule has 0 amide bonds. The standard InChI is InChI=1S/C14H19N3O3S/c1-20-13-8-7-11(17(18)19)9-12(13)16-14(21)15-10-5-3-2-4-6-10/h7-10H,2-6H2,1H3,(H2,15,16,21). The van der Waals surface area contributed by atoms with Crippen molar-refractivity contribution in [3.05, 3.63) is 28.3 Å². The molecular formula is C14H19N3O3S. The highest BCUT2D eigenvalue weighted by atomic mass is 32.1. The zero-order chi connectivity index (χ0) is 15.2. The number of hydrogen-bond acceptors (Lipinski definition) is 4. The van der Waals surface area contributed by atoms with Crippen LogP contribution in [0.3, 0.4) is 0 Å². The van der Waals surface area contributed by atoms with Crippen LogP contribution in [-0.2, 0) is 0 Å². The summed E-state index contributed by atoms with van der Waals surface area (Å²) in [6.07, 6.45) is 5.90. The molecule has 1 saturated carbocycles. The van der Waals surface area contributed by atoms with Gasteiger partial charge in [-0.1, -0.05) is 19.3 Å². The number of non-ortho nitro benzene ring substituents is 1. The number of anilines is 1. The lowest BCUT2D eigenvalue weighted by Crippen LogP contribution is -2.38. The molecule has 1 aromatic rings. The fourth-order valence-corrected chi connectivity index (χ4v) is 2.77. The second-order valence-electron chi connectivity index (χ2n) is 5.08. The third-order valence-electron chi connectivity index (χ3n) is 3.58. The molecule has 0 unspecified atom stereocenters. The highest BCUT2D eigenvalue weighted by Gasteiger charge is 2.16. The van der Waals surface area contributed by atoms with E-state index in [-0.39, 0.29) is 5.69 Å². The van der Waals surface area contributed by atoms with Crippen LogP contribution in [0.1, 0.15) is 32.1 Å². The first-order chi connectivity index (χ1) is 10.1. The predicted octanol–water partition coefficient (Wildman–Crippen LogP) is 3.22. The average molecular weight is 309 g/mol. The first kappa shape index (κ1) is 15.5. The van der Waals surface area contributed by atoms with Crippen LogP contribution in [-0.4, -0.2) is 23.2 Å². The van der Waals surface area contributed by atoms with Crippen molar-refractivity contribution in [2.75, 3.05) is 12.4 Å². The van der Waals surface area contributed by atoms with Gasteiger partial charge in [0.25, 0.3) is 5.69 Å². The van der Waals surface area contributed by atoms with Gasteiger partial charge in [-0.05, 0) is 31.1 Å². The molecule has 1 aliphatic rings. The van der Waals surface area contributed by atoms with Gasteiger partial charge in [0, 0.05) is 18.2 Å². The van der Waals surface area contributed by atoms with Gasteiger partial charge in [-0.3, -0.25) is 10.1 Å². The summed E-state index contributed by atoms with van der Waals surface area (Å²) < 4.78 is 5.20. The molecule has 0 atom stereocenters. The Balaban J connectivity index is 2.04. The Labute approximate surface area is 129 Å². The van der Waals surface area contributed by atoms with Crippen LogP contribution in [0, 0.1) is 10.1 Å². The summed E-state index contributed by atoms with van der Waals surface area (Å²) in [4.78, 5) is 10.4. The second kappa shape index (κ2) is 7.21. The van der Waals surface area contributed by atoms with Gasteiger partial charge < -0.3 is 15.4 Å². The summed E-state index contributed by atoms with van der Waals surface area (Å²) in [5.41, 5.74) is 0.499. The van der Waals surface area contributed by atoms with E-state index in [0.29, 0.717) is 22.6 Å². The number of nitrogens with one attached hydrogen (secondary N) is 2. The summed E-state index contributed by atoms with van der Waals surface area (Å²) in [7, 11) is 1.52. The van der Waals surface area contributed by atoms with Crippen molar-refractivity contribution in [3.8, 4) is 5.75 Å². The predicted molar refractivity (Wildman–Crippen MR) is 85.9 cm³/mol. The maximum absolute atomic E-state index is 10.8. The van der Waals surface area contributed by atoms with Gasteiger partial charge in [0.15, 0.2) is 5.11 Å². The molecule has 2 N–H and O–H groups in total. The fraction of sp³-hybridized carbons (Fsp3) is 0.500. The monoisotopic (exact) mass is 309 g/mol. The molecule has 0 bridgehead atoms. The van der Waals surface area contributed by atoms with Crippen molar-refractivity contribution in [1.29, 1.82) is 0 Å². The lowest BCUT2D eigenvalue weighted by atomic mass is 9.96. The van der Waals surface area contributed by atoms with E-state index >= 15 is 0 Å². The number of ether oxygens (including phenoxy) is 1. The highest BCUT2D eigenvalue weighted by molar-refractivity contribution is 7.80. The average Bonchev–Trinajstić information content (AvgIpc) is 2.48. The molecule has 1 fully saturated rings. The molecule has 0 saturated heterocycles. The minimum Gasteiger partial charge on any atom is -0.495 e. The van der Waals surface area contributed by atoms with Crippen molar-refractivity contribution in [2.45, 2.75) is 38.1 Å². The van der Waals surface area contributed by atoms with Crippen LogP contribution < -0.4 is 15.4 Å². The molecule has 0 aliphatic heterocycles. The van der Waals surface area contributed by atoms with E-state index in [1.54, 1.807) is 6.07 Å². The SMILES string of the molecule is COc1ccc([N+](=O)[O-])cc1NC(=S)NC1CCCCC1. The summed E-state index contributed by atoms with van der Waals surface area (Å²) >= 11 is 5.29. The van der Waals surface area contributed by atoms with Crippen molar-refractivity contribution in [2.24, 2.45) is 0 Å². The number of hydrogen-bond donors (Lipinski definition) is 2. The van der Waals surface area contributed by atoms with Crippen LogP contribution in [0.5, 0.6) is 5.75 Å². The Hall–Kier alpha value is -1.89. The number of nitrogens with zero attached hydrogens (tertiary/aromatic N) is 1. The molecule has 0 spiro atoms. The summed E-state index contributed by atoms with van der Waals surface area (Å²) in [6.45, 7) is 0. The van der Waals surface area contributed by atoms with Crippen LogP contribution in [0.15, 0.2) is 18.2 Å². The lowest BCUT2D eigenvalue weighted by molar-refractivity contribution is -0.384. The zero-order valence-electron chi connectivity index (χ0n) is 11.9. The van der Waals surface area contributed by atoms with Gasteiger partial charge in [-0.2, -0.15) is 0 Å². The van der Waals surface area contributed by atoms with Gasteiger partial charge in [-0.25, -0.2) is 0 Å². The minimum absolute atomic E-state index is 0.00114. The topological polar surface area (TPSA) is 76.4 Å². The van der Waals surface area contributed by atoms with Crippen LogP contribution in [0.4, 0.5) is 11.4 Å². The molecule has 1 aliphatic carbocycles. The van der Waals surface area contributed by atoms with Crippen molar-refractivity contribution >= 4 is 28.7 Å². The van der Waals surface area contributed by atoms with E-state index in [2.05, 4.69) is 10.6 Å². The van der Waals surface area contributed by atoms with E-state index in [4.69, 9.17) is 17.0 Å². The maximum atomic E-state index is 10.8. The van der Waals surface area contributed by atoms with Crippen LogP contribution in [0.25, 0.3) is 0 Å². The molecule has 7 heteroatoms. The van der Waals surface area contributed by atoms with Crippen molar-refractivity contribution < 1.29 is 9.66 Å². The number of benzene rings is 1. The molecule has 1 aromatic carbocycles. The molecule has 0 radical (unpaired) electrons. The first-order valence-electron chi connectivity index (χ1n) is 7.00. The minimum atomic E-state index is -0.442. The fourth-order valence-electron chi connectivity index (χ4n) is 2.50. The summed E-state index contributed by atoms with van der Waals surface area (Å²) in [6, 6.07) is 4.77. The van der Waals surface area contributed by atoms with Crippen LogP contribution >= 0.6 is 12.2 Å². The summed E-state index contributed by atoms with van der Waals surface area (Å²) in [5.74, 6) is 0.522. The van der Waals surface area contributed by atoms with E-state index in [9.17, 15) is 10.1 Å². The maximum Gasteiger partial charge on any atom is 0.271 e. The highest BCUT2D eigenvalue weighted by Crippen LogP contribution is 2.29. The number of nitro benzene ring substituents is 1. The molecule has 114 valence electrons.